The first-order valence-electron chi connectivity index (χ1n) is 6.17. The van der Waals surface area contributed by atoms with E-state index in [1.807, 2.05) is 0 Å². The van der Waals surface area contributed by atoms with Gasteiger partial charge in [0.05, 0.1) is 5.52 Å². The van der Waals surface area contributed by atoms with E-state index in [0.29, 0.717) is 6.54 Å². The van der Waals surface area contributed by atoms with E-state index in [4.69, 9.17) is 10.7 Å². The Kier molecular flexibility index (Phi) is 3.92. The smallest absolute Gasteiger partial charge is 0.0708 e. The number of nitrogens with two attached hydrogens (primary N) is 1. The van der Waals surface area contributed by atoms with Gasteiger partial charge in [-0.15, -0.1) is 0 Å². The molecule has 1 heterocycles. The van der Waals surface area contributed by atoms with E-state index >= 15 is 0 Å². The van der Waals surface area contributed by atoms with Crippen LogP contribution in [0.4, 0.5) is 0 Å². The lowest BCUT2D eigenvalue weighted by atomic mass is 9.87. The zero-order valence-corrected chi connectivity index (χ0v) is 13.3. The van der Waals surface area contributed by atoms with Gasteiger partial charge in [0.2, 0.25) is 0 Å². The summed E-state index contributed by atoms with van der Waals surface area (Å²) in [5.41, 5.74) is 9.41. The molecule has 0 aliphatic heterocycles. The number of aromatic nitrogens is 1. The predicted molar refractivity (Wildman–Crippen MR) is 85.7 cm³/mol. The van der Waals surface area contributed by atoms with Crippen LogP contribution in [-0.2, 0) is 6.42 Å². The lowest BCUT2D eigenvalue weighted by Gasteiger charge is -2.22. The third-order valence-corrected chi connectivity index (χ3v) is 3.91. The Bertz CT molecular complexity index is 576. The van der Waals surface area contributed by atoms with Gasteiger partial charge in [0.15, 0.2) is 0 Å². The Morgan fingerprint density at radius 1 is 1.28 bits per heavy atom. The predicted octanol–water partition coefficient (Wildman–Crippen LogP) is 3.68. The Balaban J connectivity index is 2.46. The molecule has 2 aromatic rings. The molecule has 0 fully saturated rings. The number of halogens is 1. The van der Waals surface area contributed by atoms with E-state index in [1.165, 1.54) is 14.5 Å². The molecule has 0 aliphatic carbocycles. The Morgan fingerprint density at radius 2 is 2.00 bits per heavy atom. The van der Waals surface area contributed by atoms with Gasteiger partial charge in [0.25, 0.3) is 0 Å². The fraction of sp³-hybridized carbons (Fsp3) is 0.400. The number of benzene rings is 1. The Hall–Kier alpha value is -0.680. The highest BCUT2D eigenvalue weighted by Crippen LogP contribution is 2.24. The standard InChI is InChI=1S/C15H19IN2/c1-10-6-12(8-15(2,3)9-17)18-14-5-4-11(16)7-13(10)14/h4-7H,8-9,17H2,1-3H3. The number of pyridine rings is 1. The minimum Gasteiger partial charge on any atom is -0.330 e. The molecule has 1 aromatic heterocycles. The van der Waals surface area contributed by atoms with E-state index in [0.717, 1.165) is 17.6 Å². The van der Waals surface area contributed by atoms with Crippen LogP contribution < -0.4 is 5.73 Å². The van der Waals surface area contributed by atoms with Crippen molar-refractivity contribution in [3.05, 3.63) is 39.1 Å². The van der Waals surface area contributed by atoms with E-state index in [2.05, 4.69) is 67.6 Å². The number of hydrogen-bond donors (Lipinski definition) is 1. The van der Waals surface area contributed by atoms with Crippen LogP contribution in [0.2, 0.25) is 0 Å². The fourth-order valence-corrected chi connectivity index (χ4v) is 2.58. The summed E-state index contributed by atoms with van der Waals surface area (Å²) in [6.07, 6.45) is 0.923. The van der Waals surface area contributed by atoms with Gasteiger partial charge < -0.3 is 5.73 Å². The molecule has 2 rings (SSSR count). The minimum atomic E-state index is 0.107. The minimum absolute atomic E-state index is 0.107. The monoisotopic (exact) mass is 354 g/mol. The second-order valence-electron chi connectivity index (χ2n) is 5.64. The lowest BCUT2D eigenvalue weighted by molar-refractivity contribution is 0.373. The number of rotatable bonds is 3. The zero-order chi connectivity index (χ0) is 13.3. The molecule has 0 radical (unpaired) electrons. The Morgan fingerprint density at radius 3 is 2.67 bits per heavy atom. The summed E-state index contributed by atoms with van der Waals surface area (Å²) in [7, 11) is 0. The van der Waals surface area contributed by atoms with Crippen LogP contribution in [-0.4, -0.2) is 11.5 Å². The number of fused-ring (bicyclic) bond motifs is 1. The molecule has 2 nitrogen and oxygen atoms in total. The summed E-state index contributed by atoms with van der Waals surface area (Å²) in [4.78, 5) is 4.75. The summed E-state index contributed by atoms with van der Waals surface area (Å²) in [5.74, 6) is 0. The van der Waals surface area contributed by atoms with Crippen LogP contribution in [0.3, 0.4) is 0 Å². The topological polar surface area (TPSA) is 38.9 Å². The van der Waals surface area contributed by atoms with Crippen molar-refractivity contribution in [3.63, 3.8) is 0 Å². The summed E-state index contributed by atoms with van der Waals surface area (Å²) in [6, 6.07) is 8.59. The molecule has 3 heteroatoms. The highest BCUT2D eigenvalue weighted by Gasteiger charge is 2.17. The molecule has 0 bridgehead atoms. The lowest BCUT2D eigenvalue weighted by Crippen LogP contribution is -2.26. The maximum atomic E-state index is 5.80. The first-order valence-corrected chi connectivity index (χ1v) is 7.25. The highest BCUT2D eigenvalue weighted by atomic mass is 127. The van der Waals surface area contributed by atoms with Gasteiger partial charge in [0, 0.05) is 14.7 Å². The van der Waals surface area contributed by atoms with Crippen molar-refractivity contribution < 1.29 is 0 Å². The van der Waals surface area contributed by atoms with Crippen molar-refractivity contribution in [3.8, 4) is 0 Å². The van der Waals surface area contributed by atoms with E-state index in [-0.39, 0.29) is 5.41 Å². The summed E-state index contributed by atoms with van der Waals surface area (Å²) in [6.45, 7) is 7.20. The molecule has 0 atom stereocenters. The van der Waals surface area contributed by atoms with Gasteiger partial charge >= 0.3 is 0 Å². The van der Waals surface area contributed by atoms with Crippen molar-refractivity contribution in [1.82, 2.24) is 4.98 Å². The van der Waals surface area contributed by atoms with Crippen LogP contribution in [0.5, 0.6) is 0 Å². The number of aryl methyl sites for hydroxylation is 1. The molecule has 2 N–H and O–H groups in total. The third-order valence-electron chi connectivity index (χ3n) is 3.24. The summed E-state index contributed by atoms with van der Waals surface area (Å²) in [5, 5.41) is 1.25. The maximum Gasteiger partial charge on any atom is 0.0708 e. The van der Waals surface area contributed by atoms with E-state index < -0.39 is 0 Å². The third kappa shape index (κ3) is 3.01. The molecule has 0 saturated carbocycles. The van der Waals surface area contributed by atoms with Crippen LogP contribution in [0.15, 0.2) is 24.3 Å². The van der Waals surface area contributed by atoms with Gasteiger partial charge in [0.1, 0.15) is 0 Å². The first-order chi connectivity index (χ1) is 8.41. The second kappa shape index (κ2) is 5.13. The second-order valence-corrected chi connectivity index (χ2v) is 6.88. The average molecular weight is 354 g/mol. The van der Waals surface area contributed by atoms with Crippen molar-refractivity contribution in [2.75, 3.05) is 6.54 Å². The van der Waals surface area contributed by atoms with Gasteiger partial charge in [-0.25, -0.2) is 0 Å². The highest BCUT2D eigenvalue weighted by molar-refractivity contribution is 14.1. The van der Waals surface area contributed by atoms with Crippen LogP contribution in [0.25, 0.3) is 10.9 Å². The average Bonchev–Trinajstić information content (AvgIpc) is 2.30. The number of hydrogen-bond acceptors (Lipinski definition) is 2. The normalized spacial score (nSPS) is 12.1. The quantitative estimate of drug-likeness (QED) is 0.855. The number of nitrogens with zero attached hydrogens (tertiary/aromatic N) is 1. The molecule has 0 unspecified atom stereocenters. The molecular formula is C15H19IN2. The van der Waals surface area contributed by atoms with Crippen LogP contribution in [0.1, 0.15) is 25.1 Å². The SMILES string of the molecule is Cc1cc(CC(C)(C)CN)nc2ccc(I)cc12. The largest absolute Gasteiger partial charge is 0.330 e. The van der Waals surface area contributed by atoms with Crippen molar-refractivity contribution in [2.45, 2.75) is 27.2 Å². The molecule has 0 amide bonds. The molecule has 0 saturated heterocycles. The molecule has 0 spiro atoms. The van der Waals surface area contributed by atoms with Crippen LogP contribution >= 0.6 is 22.6 Å². The molecule has 96 valence electrons. The van der Waals surface area contributed by atoms with Crippen molar-refractivity contribution in [1.29, 1.82) is 0 Å². The van der Waals surface area contributed by atoms with Gasteiger partial charge in [-0.05, 0) is 77.7 Å². The van der Waals surface area contributed by atoms with Gasteiger partial charge in [-0.2, -0.15) is 0 Å². The summed E-state index contributed by atoms with van der Waals surface area (Å²) < 4.78 is 1.25. The molecular weight excluding hydrogens is 335 g/mol. The van der Waals surface area contributed by atoms with Crippen LogP contribution in [0, 0.1) is 15.9 Å². The fourth-order valence-electron chi connectivity index (χ4n) is 2.09. The molecule has 1 aromatic carbocycles. The summed E-state index contributed by atoms with van der Waals surface area (Å²) >= 11 is 2.34. The van der Waals surface area contributed by atoms with Gasteiger partial charge in [-0.1, -0.05) is 13.8 Å². The van der Waals surface area contributed by atoms with Gasteiger partial charge in [-0.3, -0.25) is 4.98 Å². The van der Waals surface area contributed by atoms with Crippen molar-refractivity contribution >= 4 is 33.5 Å². The maximum absolute atomic E-state index is 5.80. The van der Waals surface area contributed by atoms with E-state index in [9.17, 15) is 0 Å². The first kappa shape index (κ1) is 13.7. The molecule has 18 heavy (non-hydrogen) atoms. The van der Waals surface area contributed by atoms with E-state index in [1.54, 1.807) is 0 Å². The molecule has 0 aliphatic rings. The zero-order valence-electron chi connectivity index (χ0n) is 11.1. The Labute approximate surface area is 122 Å². The van der Waals surface area contributed by atoms with Crippen molar-refractivity contribution in [2.24, 2.45) is 11.1 Å².